The van der Waals surface area contributed by atoms with E-state index >= 15 is 0 Å². The van der Waals surface area contributed by atoms with Crippen LogP contribution < -0.4 is 24.3 Å². The first-order chi connectivity index (χ1) is 10.2. The minimum atomic E-state index is -0.0495. The van der Waals surface area contributed by atoms with Gasteiger partial charge in [0.25, 0.3) is 0 Å². The maximum absolute atomic E-state index is 6.04. The van der Waals surface area contributed by atoms with Crippen LogP contribution in [0.3, 0.4) is 0 Å². The molecule has 1 heterocycles. The molecule has 0 saturated carbocycles. The highest BCUT2D eigenvalue weighted by molar-refractivity contribution is 5.55. The first kappa shape index (κ1) is 15.7. The fourth-order valence-electron chi connectivity index (χ4n) is 2.46. The number of hydrogen-bond donors (Lipinski definition) is 1. The molecule has 0 amide bonds. The minimum absolute atomic E-state index is 0.0495. The van der Waals surface area contributed by atoms with Crippen molar-refractivity contribution >= 4 is 0 Å². The average Bonchev–Trinajstić information content (AvgIpc) is 2.54. The lowest BCUT2D eigenvalue weighted by atomic mass is 10.1. The van der Waals surface area contributed by atoms with Gasteiger partial charge in [0.2, 0.25) is 5.75 Å². The highest BCUT2D eigenvalue weighted by Crippen LogP contribution is 2.41. The third-order valence-corrected chi connectivity index (χ3v) is 3.60. The van der Waals surface area contributed by atoms with Crippen molar-refractivity contribution in [2.24, 2.45) is 0 Å². The van der Waals surface area contributed by atoms with Crippen LogP contribution in [0.15, 0.2) is 12.1 Å². The SMILES string of the molecule is CNC1CCOCC1Oc1cc(OC)c(OC)c(OC)c1. The van der Waals surface area contributed by atoms with Gasteiger partial charge in [-0.25, -0.2) is 0 Å². The van der Waals surface area contributed by atoms with E-state index in [-0.39, 0.29) is 12.1 Å². The van der Waals surface area contributed by atoms with Gasteiger partial charge in [-0.1, -0.05) is 0 Å². The van der Waals surface area contributed by atoms with Crippen LogP contribution in [0, 0.1) is 0 Å². The van der Waals surface area contributed by atoms with E-state index in [0.717, 1.165) is 13.0 Å². The molecule has 0 aliphatic carbocycles. The maximum Gasteiger partial charge on any atom is 0.203 e. The van der Waals surface area contributed by atoms with Crippen molar-refractivity contribution in [3.05, 3.63) is 12.1 Å². The molecule has 21 heavy (non-hydrogen) atoms. The van der Waals surface area contributed by atoms with Crippen LogP contribution in [-0.4, -0.2) is 53.7 Å². The topological polar surface area (TPSA) is 58.2 Å². The molecule has 2 rings (SSSR count). The van der Waals surface area contributed by atoms with Crippen molar-refractivity contribution in [2.75, 3.05) is 41.6 Å². The van der Waals surface area contributed by atoms with E-state index in [1.54, 1.807) is 33.5 Å². The minimum Gasteiger partial charge on any atom is -0.493 e. The Bertz CT molecular complexity index is 440. The molecule has 6 nitrogen and oxygen atoms in total. The number of likely N-dealkylation sites (N-methyl/N-ethyl adjacent to an activating group) is 1. The van der Waals surface area contributed by atoms with Crippen LogP contribution >= 0.6 is 0 Å². The predicted molar refractivity (Wildman–Crippen MR) is 78.8 cm³/mol. The van der Waals surface area contributed by atoms with Crippen molar-refractivity contribution in [3.8, 4) is 23.0 Å². The first-order valence-electron chi connectivity index (χ1n) is 6.95. The second-order valence-corrected chi connectivity index (χ2v) is 4.78. The van der Waals surface area contributed by atoms with Gasteiger partial charge in [-0.05, 0) is 13.5 Å². The molecule has 0 spiro atoms. The van der Waals surface area contributed by atoms with E-state index < -0.39 is 0 Å². The molecule has 1 aliphatic heterocycles. The van der Waals surface area contributed by atoms with E-state index in [0.29, 0.717) is 29.6 Å². The lowest BCUT2D eigenvalue weighted by Crippen LogP contribution is -2.48. The van der Waals surface area contributed by atoms with Gasteiger partial charge in [0, 0.05) is 24.8 Å². The second-order valence-electron chi connectivity index (χ2n) is 4.78. The molecule has 1 saturated heterocycles. The summed E-state index contributed by atoms with van der Waals surface area (Å²) in [5, 5.41) is 3.26. The molecule has 118 valence electrons. The molecular weight excluding hydrogens is 274 g/mol. The van der Waals surface area contributed by atoms with Crippen LogP contribution in [-0.2, 0) is 4.74 Å². The Labute approximate surface area is 125 Å². The van der Waals surface area contributed by atoms with Crippen LogP contribution in [0.4, 0.5) is 0 Å². The average molecular weight is 297 g/mol. The van der Waals surface area contributed by atoms with Crippen molar-refractivity contribution in [1.82, 2.24) is 5.32 Å². The van der Waals surface area contributed by atoms with E-state index in [1.807, 2.05) is 7.05 Å². The second kappa shape index (κ2) is 7.38. The summed E-state index contributed by atoms with van der Waals surface area (Å²) in [6.45, 7) is 1.31. The molecule has 1 N–H and O–H groups in total. The van der Waals surface area contributed by atoms with Gasteiger partial charge >= 0.3 is 0 Å². The fraction of sp³-hybridized carbons (Fsp3) is 0.600. The summed E-state index contributed by atoms with van der Waals surface area (Å²) in [6, 6.07) is 3.85. The molecule has 1 fully saturated rings. The Morgan fingerprint density at radius 1 is 1.10 bits per heavy atom. The lowest BCUT2D eigenvalue weighted by Gasteiger charge is -2.31. The summed E-state index contributed by atoms with van der Waals surface area (Å²) < 4.78 is 27.5. The van der Waals surface area contributed by atoms with Crippen molar-refractivity contribution in [3.63, 3.8) is 0 Å². The van der Waals surface area contributed by atoms with Crippen LogP contribution in [0.1, 0.15) is 6.42 Å². The van der Waals surface area contributed by atoms with Crippen molar-refractivity contribution in [1.29, 1.82) is 0 Å². The number of ether oxygens (including phenoxy) is 5. The zero-order valence-corrected chi connectivity index (χ0v) is 13.0. The Morgan fingerprint density at radius 2 is 1.76 bits per heavy atom. The normalized spacial score (nSPS) is 21.7. The molecule has 2 unspecified atom stereocenters. The monoisotopic (exact) mass is 297 g/mol. The number of methoxy groups -OCH3 is 3. The molecule has 0 bridgehead atoms. The van der Waals surface area contributed by atoms with Gasteiger partial charge in [0.05, 0.1) is 27.9 Å². The molecule has 1 aromatic carbocycles. The van der Waals surface area contributed by atoms with E-state index in [2.05, 4.69) is 5.32 Å². The van der Waals surface area contributed by atoms with E-state index in [4.69, 9.17) is 23.7 Å². The predicted octanol–water partition coefficient (Wildman–Crippen LogP) is 1.47. The molecule has 2 atom stereocenters. The maximum atomic E-state index is 6.04. The highest BCUT2D eigenvalue weighted by atomic mass is 16.5. The van der Waals surface area contributed by atoms with E-state index in [1.165, 1.54) is 0 Å². The van der Waals surface area contributed by atoms with Crippen LogP contribution in [0.5, 0.6) is 23.0 Å². The van der Waals surface area contributed by atoms with Gasteiger partial charge in [-0.2, -0.15) is 0 Å². The molecule has 0 aromatic heterocycles. The van der Waals surface area contributed by atoms with Gasteiger partial charge < -0.3 is 29.0 Å². The summed E-state index contributed by atoms with van der Waals surface area (Å²) in [4.78, 5) is 0. The Morgan fingerprint density at radius 3 is 2.29 bits per heavy atom. The van der Waals surface area contributed by atoms with Crippen molar-refractivity contribution < 1.29 is 23.7 Å². The third-order valence-electron chi connectivity index (χ3n) is 3.60. The molecule has 6 heteroatoms. The number of benzene rings is 1. The largest absolute Gasteiger partial charge is 0.493 e. The van der Waals surface area contributed by atoms with E-state index in [9.17, 15) is 0 Å². The molecule has 0 radical (unpaired) electrons. The van der Waals surface area contributed by atoms with Gasteiger partial charge in [-0.3, -0.25) is 0 Å². The summed E-state index contributed by atoms with van der Waals surface area (Å²) in [5.41, 5.74) is 0. The zero-order chi connectivity index (χ0) is 15.2. The van der Waals surface area contributed by atoms with Crippen molar-refractivity contribution in [2.45, 2.75) is 18.6 Å². The summed E-state index contributed by atoms with van der Waals surface area (Å²) in [7, 11) is 6.68. The smallest absolute Gasteiger partial charge is 0.203 e. The summed E-state index contributed by atoms with van der Waals surface area (Å²) in [6.07, 6.45) is 0.873. The van der Waals surface area contributed by atoms with Crippen LogP contribution in [0.2, 0.25) is 0 Å². The molecular formula is C15H23NO5. The van der Waals surface area contributed by atoms with Gasteiger partial charge in [0.1, 0.15) is 11.9 Å². The number of nitrogens with one attached hydrogen (secondary N) is 1. The van der Waals surface area contributed by atoms with Gasteiger partial charge in [0.15, 0.2) is 11.5 Å². The lowest BCUT2D eigenvalue weighted by molar-refractivity contribution is -0.0130. The fourth-order valence-corrected chi connectivity index (χ4v) is 2.46. The molecule has 1 aromatic rings. The zero-order valence-electron chi connectivity index (χ0n) is 13.0. The molecule has 1 aliphatic rings. The summed E-state index contributed by atoms with van der Waals surface area (Å²) >= 11 is 0. The highest BCUT2D eigenvalue weighted by Gasteiger charge is 2.27. The Balaban J connectivity index is 2.23. The summed E-state index contributed by atoms with van der Waals surface area (Å²) in [5.74, 6) is 2.37. The number of hydrogen-bond acceptors (Lipinski definition) is 6. The Kier molecular flexibility index (Phi) is 5.52. The third kappa shape index (κ3) is 3.51. The van der Waals surface area contributed by atoms with Crippen LogP contribution in [0.25, 0.3) is 0 Å². The number of rotatable bonds is 6. The quantitative estimate of drug-likeness (QED) is 0.858. The van der Waals surface area contributed by atoms with Gasteiger partial charge in [-0.15, -0.1) is 0 Å². The Hall–Kier alpha value is -1.66. The standard InChI is InChI=1S/C15H23NO5/c1-16-11-5-6-20-9-14(11)21-10-7-12(17-2)15(19-4)13(8-10)18-3/h7-8,11,14,16H,5-6,9H2,1-4H3. The first-order valence-corrected chi connectivity index (χ1v) is 6.95.